The lowest BCUT2D eigenvalue weighted by molar-refractivity contribution is 0.102. The van der Waals surface area contributed by atoms with Crippen molar-refractivity contribution in [3.05, 3.63) is 90.0 Å². The molecular weight excluding hydrogens is 348 g/mol. The number of carbonyl (C=O) groups is 1. The van der Waals surface area contributed by atoms with E-state index in [-0.39, 0.29) is 5.91 Å². The van der Waals surface area contributed by atoms with E-state index in [0.29, 0.717) is 17.9 Å². The fourth-order valence-corrected chi connectivity index (χ4v) is 3.44. The molecule has 0 saturated carbocycles. The molecule has 1 saturated heterocycles. The van der Waals surface area contributed by atoms with Crippen LogP contribution in [-0.4, -0.2) is 19.0 Å². The molecule has 142 valence electrons. The molecular formula is C24H24N2O2. The fourth-order valence-electron chi connectivity index (χ4n) is 3.44. The molecule has 0 spiro atoms. The average Bonchev–Trinajstić information content (AvgIpc) is 3.29. The van der Waals surface area contributed by atoms with Gasteiger partial charge in [-0.3, -0.25) is 4.79 Å². The van der Waals surface area contributed by atoms with Gasteiger partial charge in [-0.25, -0.2) is 0 Å². The van der Waals surface area contributed by atoms with Crippen LogP contribution in [0.5, 0.6) is 5.75 Å². The van der Waals surface area contributed by atoms with E-state index in [1.54, 1.807) is 6.07 Å². The van der Waals surface area contributed by atoms with Crippen LogP contribution in [0.15, 0.2) is 78.9 Å². The monoisotopic (exact) mass is 372 g/mol. The van der Waals surface area contributed by atoms with Crippen LogP contribution in [0.2, 0.25) is 0 Å². The van der Waals surface area contributed by atoms with Crippen molar-refractivity contribution < 1.29 is 9.53 Å². The number of rotatable bonds is 6. The summed E-state index contributed by atoms with van der Waals surface area (Å²) in [7, 11) is 0. The predicted octanol–water partition coefficient (Wildman–Crippen LogP) is 5.12. The van der Waals surface area contributed by atoms with Crippen LogP contribution in [0.25, 0.3) is 0 Å². The third-order valence-electron chi connectivity index (χ3n) is 4.97. The van der Waals surface area contributed by atoms with Gasteiger partial charge in [0.25, 0.3) is 5.91 Å². The van der Waals surface area contributed by atoms with E-state index in [0.717, 1.165) is 24.3 Å². The maximum Gasteiger partial charge on any atom is 0.259 e. The molecule has 1 amide bonds. The van der Waals surface area contributed by atoms with E-state index >= 15 is 0 Å². The van der Waals surface area contributed by atoms with Crippen LogP contribution >= 0.6 is 0 Å². The molecule has 1 aliphatic rings. The summed E-state index contributed by atoms with van der Waals surface area (Å²) in [5, 5.41) is 2.98. The van der Waals surface area contributed by atoms with E-state index in [2.05, 4.69) is 22.3 Å². The Kier molecular flexibility index (Phi) is 5.57. The van der Waals surface area contributed by atoms with Crippen LogP contribution in [0, 0.1) is 0 Å². The van der Waals surface area contributed by atoms with Crippen molar-refractivity contribution in [1.29, 1.82) is 0 Å². The Morgan fingerprint density at radius 3 is 2.29 bits per heavy atom. The highest BCUT2D eigenvalue weighted by Gasteiger charge is 2.14. The van der Waals surface area contributed by atoms with Gasteiger partial charge in [0.1, 0.15) is 12.4 Å². The first-order valence-electron chi connectivity index (χ1n) is 9.72. The molecule has 0 atom stereocenters. The third kappa shape index (κ3) is 4.34. The first-order valence-corrected chi connectivity index (χ1v) is 9.72. The number of anilines is 2. The van der Waals surface area contributed by atoms with Crippen molar-refractivity contribution in [2.75, 3.05) is 23.3 Å². The minimum atomic E-state index is -0.169. The number of ether oxygens (including phenoxy) is 1. The molecule has 1 aliphatic heterocycles. The van der Waals surface area contributed by atoms with Gasteiger partial charge in [0, 0.05) is 24.5 Å². The van der Waals surface area contributed by atoms with Gasteiger partial charge in [-0.05, 0) is 54.8 Å². The van der Waals surface area contributed by atoms with Gasteiger partial charge in [0.15, 0.2) is 0 Å². The van der Waals surface area contributed by atoms with Gasteiger partial charge in [-0.2, -0.15) is 0 Å². The van der Waals surface area contributed by atoms with Crippen molar-refractivity contribution in [3.8, 4) is 5.75 Å². The zero-order valence-electron chi connectivity index (χ0n) is 15.8. The van der Waals surface area contributed by atoms with Gasteiger partial charge >= 0.3 is 0 Å². The summed E-state index contributed by atoms with van der Waals surface area (Å²) >= 11 is 0. The molecule has 0 aliphatic carbocycles. The molecule has 1 fully saturated rings. The van der Waals surface area contributed by atoms with Crippen LogP contribution < -0.4 is 15.0 Å². The Morgan fingerprint density at radius 2 is 1.54 bits per heavy atom. The summed E-state index contributed by atoms with van der Waals surface area (Å²) < 4.78 is 5.90. The number of benzene rings is 3. The summed E-state index contributed by atoms with van der Waals surface area (Å²) in [6, 6.07) is 25.3. The van der Waals surface area contributed by atoms with E-state index in [1.807, 2.05) is 60.7 Å². The highest BCUT2D eigenvalue weighted by Crippen LogP contribution is 2.24. The summed E-state index contributed by atoms with van der Waals surface area (Å²) in [6.45, 7) is 2.64. The Morgan fingerprint density at radius 1 is 0.857 bits per heavy atom. The molecule has 3 aromatic carbocycles. The second-order valence-electron chi connectivity index (χ2n) is 6.97. The van der Waals surface area contributed by atoms with Crippen LogP contribution in [-0.2, 0) is 6.61 Å². The SMILES string of the molecule is O=C(Nc1ccc(N2CCCC2)cc1)c1ccccc1OCc1ccccc1. The van der Waals surface area contributed by atoms with Gasteiger partial charge < -0.3 is 15.0 Å². The van der Waals surface area contributed by atoms with E-state index in [1.165, 1.54) is 18.5 Å². The number of para-hydroxylation sites is 1. The highest BCUT2D eigenvalue weighted by molar-refractivity contribution is 6.06. The Bertz CT molecular complexity index is 917. The van der Waals surface area contributed by atoms with Crippen LogP contribution in [0.4, 0.5) is 11.4 Å². The quantitative estimate of drug-likeness (QED) is 0.653. The highest BCUT2D eigenvalue weighted by atomic mass is 16.5. The molecule has 0 unspecified atom stereocenters. The molecule has 4 nitrogen and oxygen atoms in total. The van der Waals surface area contributed by atoms with Crippen molar-refractivity contribution in [2.24, 2.45) is 0 Å². The van der Waals surface area contributed by atoms with Crippen LogP contribution in [0.1, 0.15) is 28.8 Å². The lowest BCUT2D eigenvalue weighted by Crippen LogP contribution is -2.17. The largest absolute Gasteiger partial charge is 0.488 e. The Balaban J connectivity index is 1.43. The van der Waals surface area contributed by atoms with E-state index < -0.39 is 0 Å². The molecule has 28 heavy (non-hydrogen) atoms. The molecule has 0 bridgehead atoms. The zero-order valence-corrected chi connectivity index (χ0v) is 15.8. The summed E-state index contributed by atoms with van der Waals surface area (Å²) in [6.07, 6.45) is 2.50. The fraction of sp³-hybridized carbons (Fsp3) is 0.208. The Labute approximate surface area is 165 Å². The van der Waals surface area contributed by atoms with Crippen LogP contribution in [0.3, 0.4) is 0 Å². The zero-order chi connectivity index (χ0) is 19.2. The number of hydrogen-bond donors (Lipinski definition) is 1. The molecule has 0 radical (unpaired) electrons. The number of nitrogens with one attached hydrogen (secondary N) is 1. The molecule has 0 aromatic heterocycles. The molecule has 3 aromatic rings. The van der Waals surface area contributed by atoms with Gasteiger partial charge in [-0.15, -0.1) is 0 Å². The lowest BCUT2D eigenvalue weighted by atomic mass is 10.1. The smallest absolute Gasteiger partial charge is 0.259 e. The minimum Gasteiger partial charge on any atom is -0.488 e. The van der Waals surface area contributed by atoms with Gasteiger partial charge in [0.2, 0.25) is 0 Å². The standard InChI is InChI=1S/C24H24N2O2/c27-24(25-20-12-14-21(15-13-20)26-16-6-7-17-26)22-10-4-5-11-23(22)28-18-19-8-2-1-3-9-19/h1-5,8-15H,6-7,16-18H2,(H,25,27). The number of amides is 1. The second kappa shape index (κ2) is 8.61. The van der Waals surface area contributed by atoms with Crippen molar-refractivity contribution >= 4 is 17.3 Å². The topological polar surface area (TPSA) is 41.6 Å². The summed E-state index contributed by atoms with van der Waals surface area (Å²) in [5.41, 5.74) is 3.59. The number of carbonyl (C=O) groups excluding carboxylic acids is 1. The summed E-state index contributed by atoms with van der Waals surface area (Å²) in [5.74, 6) is 0.412. The first-order chi connectivity index (χ1) is 13.8. The predicted molar refractivity (Wildman–Crippen MR) is 113 cm³/mol. The molecule has 4 rings (SSSR count). The minimum absolute atomic E-state index is 0.169. The average molecular weight is 372 g/mol. The Hall–Kier alpha value is -3.27. The van der Waals surface area contributed by atoms with E-state index in [4.69, 9.17) is 4.74 Å². The summed E-state index contributed by atoms with van der Waals surface area (Å²) in [4.78, 5) is 15.2. The number of nitrogens with zero attached hydrogens (tertiary/aromatic N) is 1. The number of hydrogen-bond acceptors (Lipinski definition) is 3. The van der Waals surface area contributed by atoms with Crippen molar-refractivity contribution in [2.45, 2.75) is 19.4 Å². The maximum absolute atomic E-state index is 12.8. The van der Waals surface area contributed by atoms with Gasteiger partial charge in [-0.1, -0.05) is 42.5 Å². The molecule has 4 heteroatoms. The van der Waals surface area contributed by atoms with Gasteiger partial charge in [0.05, 0.1) is 5.56 Å². The second-order valence-corrected chi connectivity index (χ2v) is 6.97. The van der Waals surface area contributed by atoms with Crippen molar-refractivity contribution in [1.82, 2.24) is 0 Å². The first kappa shape index (κ1) is 18.1. The third-order valence-corrected chi connectivity index (χ3v) is 4.97. The van der Waals surface area contributed by atoms with Crippen molar-refractivity contribution in [3.63, 3.8) is 0 Å². The lowest BCUT2D eigenvalue weighted by Gasteiger charge is -2.18. The molecule has 1 heterocycles. The maximum atomic E-state index is 12.8. The molecule has 1 N–H and O–H groups in total. The normalized spacial score (nSPS) is 13.4. The van der Waals surface area contributed by atoms with E-state index in [9.17, 15) is 4.79 Å².